The van der Waals surface area contributed by atoms with Gasteiger partial charge in [-0.15, -0.1) is 11.3 Å². The molecule has 2 heterocycles. The van der Waals surface area contributed by atoms with Crippen molar-refractivity contribution in [1.82, 2.24) is 14.8 Å². The number of hydrogen-bond acceptors (Lipinski definition) is 6. The summed E-state index contributed by atoms with van der Waals surface area (Å²) < 4.78 is 45.8. The molecular formula is C21H18ClF3N4O3S. The van der Waals surface area contributed by atoms with E-state index in [1.165, 1.54) is 35.9 Å². The standard InChI is InChI=1S/C21H18ClF3N4O3S/c1-12-17(19(22)28(3)27-12)7-8-18(31)32-10-15-11-33-20(26-15)29(13(2)30)16-6-4-5-14(9-16)21(23,24)25/h4-9,11H,10H2,1-3H3/b8-7+. The van der Waals surface area contributed by atoms with Gasteiger partial charge in [-0.25, -0.2) is 9.78 Å². The molecule has 0 spiro atoms. The fraction of sp³-hybridized carbons (Fsp3) is 0.238. The van der Waals surface area contributed by atoms with E-state index in [-0.39, 0.29) is 17.4 Å². The van der Waals surface area contributed by atoms with Crippen molar-refractivity contribution >= 4 is 51.7 Å². The fourth-order valence-electron chi connectivity index (χ4n) is 2.89. The first-order chi connectivity index (χ1) is 15.5. The predicted molar refractivity (Wildman–Crippen MR) is 118 cm³/mol. The summed E-state index contributed by atoms with van der Waals surface area (Å²) in [7, 11) is 1.68. The molecule has 0 aliphatic rings. The van der Waals surface area contributed by atoms with Gasteiger partial charge in [-0.05, 0) is 31.2 Å². The Morgan fingerprint density at radius 1 is 1.33 bits per heavy atom. The van der Waals surface area contributed by atoms with Crippen LogP contribution in [0.1, 0.15) is 29.4 Å². The zero-order valence-corrected chi connectivity index (χ0v) is 19.3. The van der Waals surface area contributed by atoms with E-state index in [2.05, 4.69) is 10.1 Å². The van der Waals surface area contributed by atoms with Crippen molar-refractivity contribution in [2.24, 2.45) is 7.05 Å². The Hall–Kier alpha value is -3.18. The highest BCUT2D eigenvalue weighted by Gasteiger charge is 2.31. The number of nitrogens with zero attached hydrogens (tertiary/aromatic N) is 4. The van der Waals surface area contributed by atoms with Crippen LogP contribution >= 0.6 is 22.9 Å². The lowest BCUT2D eigenvalue weighted by Gasteiger charge is -2.19. The normalized spacial score (nSPS) is 11.7. The van der Waals surface area contributed by atoms with Crippen LogP contribution in [0.3, 0.4) is 0 Å². The van der Waals surface area contributed by atoms with Crippen molar-refractivity contribution in [2.45, 2.75) is 26.6 Å². The minimum atomic E-state index is -4.55. The minimum Gasteiger partial charge on any atom is -0.456 e. The number of esters is 1. The lowest BCUT2D eigenvalue weighted by atomic mass is 10.2. The molecule has 0 aliphatic heterocycles. The molecule has 0 fully saturated rings. The number of amides is 1. The molecule has 3 rings (SSSR count). The summed E-state index contributed by atoms with van der Waals surface area (Å²) in [5.41, 5.74) is 0.722. The molecule has 0 atom stereocenters. The predicted octanol–water partition coefficient (Wildman–Crippen LogP) is 5.30. The van der Waals surface area contributed by atoms with Gasteiger partial charge in [0.25, 0.3) is 0 Å². The molecule has 7 nitrogen and oxygen atoms in total. The van der Waals surface area contributed by atoms with Crippen molar-refractivity contribution < 1.29 is 27.5 Å². The average Bonchev–Trinajstić information content (AvgIpc) is 3.29. The van der Waals surface area contributed by atoms with Crippen molar-refractivity contribution in [1.29, 1.82) is 0 Å². The molecule has 0 radical (unpaired) electrons. The second-order valence-electron chi connectivity index (χ2n) is 6.88. The van der Waals surface area contributed by atoms with Crippen LogP contribution in [0.4, 0.5) is 24.0 Å². The van der Waals surface area contributed by atoms with Gasteiger partial charge in [-0.2, -0.15) is 18.3 Å². The second kappa shape index (κ2) is 9.75. The van der Waals surface area contributed by atoms with E-state index < -0.39 is 23.6 Å². The maximum atomic E-state index is 13.0. The van der Waals surface area contributed by atoms with Gasteiger partial charge in [0.15, 0.2) is 5.13 Å². The van der Waals surface area contributed by atoms with Gasteiger partial charge in [0, 0.05) is 31.0 Å². The summed E-state index contributed by atoms with van der Waals surface area (Å²) in [6.07, 6.45) is -1.86. The molecule has 0 aliphatic carbocycles. The van der Waals surface area contributed by atoms with E-state index in [0.29, 0.717) is 22.1 Å². The number of carbonyl (C=O) groups excluding carboxylic acids is 2. The Bertz CT molecular complexity index is 1220. The number of anilines is 2. The van der Waals surface area contributed by atoms with E-state index in [0.717, 1.165) is 28.4 Å². The Morgan fingerprint density at radius 3 is 2.67 bits per heavy atom. The highest BCUT2D eigenvalue weighted by atomic mass is 35.5. The highest BCUT2D eigenvalue weighted by molar-refractivity contribution is 7.14. The molecule has 1 amide bonds. The van der Waals surface area contributed by atoms with Gasteiger partial charge in [0.1, 0.15) is 11.8 Å². The van der Waals surface area contributed by atoms with Crippen LogP contribution in [-0.4, -0.2) is 26.6 Å². The number of benzene rings is 1. The second-order valence-corrected chi connectivity index (χ2v) is 8.07. The first-order valence-electron chi connectivity index (χ1n) is 9.43. The third-order valence-electron chi connectivity index (χ3n) is 4.42. The van der Waals surface area contributed by atoms with E-state index in [9.17, 15) is 22.8 Å². The molecule has 2 aromatic heterocycles. The van der Waals surface area contributed by atoms with Crippen molar-refractivity contribution in [3.05, 3.63) is 63.4 Å². The van der Waals surface area contributed by atoms with Gasteiger partial charge in [0.05, 0.1) is 22.6 Å². The topological polar surface area (TPSA) is 77.3 Å². The first kappa shape index (κ1) is 24.5. The van der Waals surface area contributed by atoms with E-state index in [1.807, 2.05) is 0 Å². The molecule has 0 bridgehead atoms. The molecule has 0 unspecified atom stereocenters. The van der Waals surface area contributed by atoms with E-state index in [4.69, 9.17) is 16.3 Å². The van der Waals surface area contributed by atoms with Crippen LogP contribution in [0.25, 0.3) is 6.08 Å². The van der Waals surface area contributed by atoms with E-state index >= 15 is 0 Å². The third-order valence-corrected chi connectivity index (χ3v) is 5.74. The molecule has 12 heteroatoms. The molecule has 174 valence electrons. The fourth-order valence-corrected chi connectivity index (χ4v) is 4.00. The molecule has 3 aromatic rings. The quantitative estimate of drug-likeness (QED) is 0.340. The summed E-state index contributed by atoms with van der Waals surface area (Å²) in [6.45, 7) is 2.78. The summed E-state index contributed by atoms with van der Waals surface area (Å²) in [4.78, 5) is 29.5. The van der Waals surface area contributed by atoms with Gasteiger partial charge < -0.3 is 4.74 Å². The Kier molecular flexibility index (Phi) is 7.23. The smallest absolute Gasteiger partial charge is 0.416 e. The number of halogens is 4. The molecule has 0 N–H and O–H groups in total. The van der Waals surface area contributed by atoms with Crippen molar-refractivity contribution in [2.75, 3.05) is 4.90 Å². The van der Waals surface area contributed by atoms with Crippen molar-refractivity contribution in [3.8, 4) is 0 Å². The monoisotopic (exact) mass is 498 g/mol. The summed E-state index contributed by atoms with van der Waals surface area (Å²) >= 11 is 7.15. The van der Waals surface area contributed by atoms with Crippen molar-refractivity contribution in [3.63, 3.8) is 0 Å². The number of thiazole rings is 1. The average molecular weight is 499 g/mol. The SMILES string of the molecule is CC(=O)N(c1cccc(C(F)(F)F)c1)c1nc(COC(=O)/C=C/c2c(C)nn(C)c2Cl)cs1. The number of alkyl halides is 3. The summed E-state index contributed by atoms with van der Waals surface area (Å²) in [5, 5.41) is 6.22. The van der Waals surface area contributed by atoms with Gasteiger partial charge in [-0.3, -0.25) is 14.4 Å². The highest BCUT2D eigenvalue weighted by Crippen LogP contribution is 2.35. The number of aromatic nitrogens is 3. The Balaban J connectivity index is 1.71. The molecule has 1 aromatic carbocycles. The number of carbonyl (C=O) groups is 2. The van der Waals surface area contributed by atoms with Crippen LogP contribution in [0.2, 0.25) is 5.15 Å². The number of rotatable bonds is 6. The Morgan fingerprint density at radius 2 is 2.06 bits per heavy atom. The van der Waals surface area contributed by atoms with Crippen LogP contribution in [-0.2, 0) is 34.2 Å². The van der Waals surface area contributed by atoms with Gasteiger partial charge in [-0.1, -0.05) is 17.7 Å². The first-order valence-corrected chi connectivity index (χ1v) is 10.7. The van der Waals surface area contributed by atoms with Crippen LogP contribution < -0.4 is 4.90 Å². The van der Waals surface area contributed by atoms with Crippen LogP contribution in [0.15, 0.2) is 35.7 Å². The lowest BCUT2D eigenvalue weighted by Crippen LogP contribution is -2.23. The van der Waals surface area contributed by atoms with E-state index in [1.54, 1.807) is 19.4 Å². The largest absolute Gasteiger partial charge is 0.456 e. The zero-order chi connectivity index (χ0) is 24.3. The minimum absolute atomic E-state index is 0.0295. The van der Waals surface area contributed by atoms with Crippen LogP contribution in [0, 0.1) is 6.92 Å². The summed E-state index contributed by atoms with van der Waals surface area (Å²) in [6, 6.07) is 4.39. The molecular weight excluding hydrogens is 481 g/mol. The van der Waals surface area contributed by atoms with Crippen LogP contribution in [0.5, 0.6) is 0 Å². The number of ether oxygens (including phenoxy) is 1. The van der Waals surface area contributed by atoms with Gasteiger partial charge >= 0.3 is 12.1 Å². The summed E-state index contributed by atoms with van der Waals surface area (Å²) in [5.74, 6) is -1.16. The zero-order valence-electron chi connectivity index (χ0n) is 17.7. The van der Waals surface area contributed by atoms with Gasteiger partial charge in [0.2, 0.25) is 5.91 Å². The maximum absolute atomic E-state index is 13.0. The molecule has 0 saturated heterocycles. The number of hydrogen-bond donors (Lipinski definition) is 0. The lowest BCUT2D eigenvalue weighted by molar-refractivity contribution is -0.139. The number of aryl methyl sites for hydroxylation is 2. The Labute approximate surface area is 196 Å². The maximum Gasteiger partial charge on any atom is 0.416 e. The third kappa shape index (κ3) is 5.79. The molecule has 0 saturated carbocycles. The molecule has 33 heavy (non-hydrogen) atoms.